The monoisotopic (exact) mass is 446 g/mol. The molecule has 1 fully saturated rings. The van der Waals surface area contributed by atoms with Crippen LogP contribution in [0.25, 0.3) is 0 Å². The number of hydrogen-bond acceptors (Lipinski definition) is 3. The Morgan fingerprint density at radius 2 is 1.79 bits per heavy atom. The number of nitrogens with zero attached hydrogens (tertiary/aromatic N) is 1. The molecule has 0 radical (unpaired) electrons. The Morgan fingerprint density at radius 1 is 1.07 bits per heavy atom. The predicted octanol–water partition coefficient (Wildman–Crippen LogP) is 4.38. The van der Waals surface area contributed by atoms with Crippen LogP contribution in [-0.2, 0) is 10.0 Å². The number of alkyl halides is 1. The summed E-state index contributed by atoms with van der Waals surface area (Å²) in [5, 5.41) is 2.25. The van der Waals surface area contributed by atoms with Gasteiger partial charge < -0.3 is 5.32 Å². The van der Waals surface area contributed by atoms with Gasteiger partial charge in [-0.2, -0.15) is 4.31 Å². The molecule has 2 aromatic carbocycles. The molecule has 1 aliphatic rings. The molecule has 1 saturated heterocycles. The van der Waals surface area contributed by atoms with Gasteiger partial charge in [0, 0.05) is 24.3 Å². The van der Waals surface area contributed by atoms with E-state index in [0.717, 1.165) is 28.6 Å². The first-order valence-electron chi connectivity index (χ1n) is 8.88. The molecule has 5 nitrogen and oxygen atoms in total. The maximum absolute atomic E-state index is 14.3. The van der Waals surface area contributed by atoms with Gasteiger partial charge in [-0.1, -0.05) is 11.6 Å². The molecule has 0 spiro atoms. The summed E-state index contributed by atoms with van der Waals surface area (Å²) < 4.78 is 67.8. The molecule has 3 rings (SSSR count). The standard InChI is InChI=1S/C19H18ClF3N2O3S/c20-15-11-14(4-6-16(15)22)24-19(26)12-3-5-17(23)18(10-12)29(27,28)25-8-1-2-13(21)7-9-25/h3-6,10-11,13H,1-2,7-9H2,(H,24,26). The molecule has 10 heteroatoms. The van der Waals surface area contributed by atoms with Crippen LogP contribution in [0.3, 0.4) is 0 Å². The van der Waals surface area contributed by atoms with E-state index in [1.165, 1.54) is 12.1 Å². The van der Waals surface area contributed by atoms with Crippen LogP contribution >= 0.6 is 11.6 Å². The molecular formula is C19H18ClF3N2O3S. The molecule has 0 aliphatic carbocycles. The van der Waals surface area contributed by atoms with Crippen LogP contribution in [-0.4, -0.2) is 37.9 Å². The first-order valence-corrected chi connectivity index (χ1v) is 10.7. The third-order valence-electron chi connectivity index (χ3n) is 4.61. The van der Waals surface area contributed by atoms with Crippen LogP contribution in [0.1, 0.15) is 29.6 Å². The molecule has 2 aromatic rings. The van der Waals surface area contributed by atoms with Crippen molar-refractivity contribution in [2.24, 2.45) is 0 Å². The van der Waals surface area contributed by atoms with Crippen molar-refractivity contribution in [3.63, 3.8) is 0 Å². The number of carbonyl (C=O) groups is 1. The van der Waals surface area contributed by atoms with Crippen molar-refractivity contribution in [1.82, 2.24) is 4.31 Å². The van der Waals surface area contributed by atoms with Crippen LogP contribution in [0.2, 0.25) is 5.02 Å². The fourth-order valence-electron chi connectivity index (χ4n) is 3.03. The molecule has 0 aromatic heterocycles. The molecule has 156 valence electrons. The topological polar surface area (TPSA) is 66.5 Å². The first kappa shape index (κ1) is 21.6. The quantitative estimate of drug-likeness (QED) is 0.757. The molecule has 29 heavy (non-hydrogen) atoms. The summed E-state index contributed by atoms with van der Waals surface area (Å²) in [5.41, 5.74) is 0.0836. The number of halogens is 4. The van der Waals surface area contributed by atoms with Crippen molar-refractivity contribution in [2.45, 2.75) is 30.3 Å². The van der Waals surface area contributed by atoms with E-state index in [0.29, 0.717) is 6.42 Å². The Balaban J connectivity index is 1.86. The molecule has 1 heterocycles. The van der Waals surface area contributed by atoms with Gasteiger partial charge in [-0.05, 0) is 55.7 Å². The minimum atomic E-state index is -4.24. The molecule has 1 N–H and O–H groups in total. The lowest BCUT2D eigenvalue weighted by molar-refractivity contribution is 0.102. The maximum Gasteiger partial charge on any atom is 0.255 e. The minimum Gasteiger partial charge on any atom is -0.322 e. The van der Waals surface area contributed by atoms with Gasteiger partial charge in [0.1, 0.15) is 22.7 Å². The molecule has 0 saturated carbocycles. The summed E-state index contributed by atoms with van der Waals surface area (Å²) in [6, 6.07) is 6.49. The highest BCUT2D eigenvalue weighted by molar-refractivity contribution is 7.89. The lowest BCUT2D eigenvalue weighted by Gasteiger charge is -2.20. The van der Waals surface area contributed by atoms with Crippen LogP contribution in [0.5, 0.6) is 0 Å². The Hall–Kier alpha value is -2.10. The van der Waals surface area contributed by atoms with Crippen LogP contribution < -0.4 is 5.32 Å². The Kier molecular flexibility index (Phi) is 6.50. The highest BCUT2D eigenvalue weighted by Crippen LogP contribution is 2.25. The molecule has 1 unspecified atom stereocenters. The number of amides is 1. The van der Waals surface area contributed by atoms with Gasteiger partial charge in [0.15, 0.2) is 0 Å². The lowest BCUT2D eigenvalue weighted by Crippen LogP contribution is -2.33. The van der Waals surface area contributed by atoms with E-state index >= 15 is 0 Å². The van der Waals surface area contributed by atoms with Gasteiger partial charge in [-0.25, -0.2) is 21.6 Å². The second-order valence-electron chi connectivity index (χ2n) is 6.66. The zero-order chi connectivity index (χ0) is 21.2. The average Bonchev–Trinajstić information content (AvgIpc) is 2.90. The van der Waals surface area contributed by atoms with Gasteiger partial charge in [-0.3, -0.25) is 4.79 Å². The molecule has 1 atom stereocenters. The van der Waals surface area contributed by atoms with Gasteiger partial charge in [0.25, 0.3) is 5.91 Å². The van der Waals surface area contributed by atoms with E-state index in [9.17, 15) is 26.4 Å². The second kappa shape index (κ2) is 8.73. The van der Waals surface area contributed by atoms with Gasteiger partial charge in [0.05, 0.1) is 5.02 Å². The van der Waals surface area contributed by atoms with Crippen LogP contribution in [0.4, 0.5) is 18.9 Å². The fraction of sp³-hybridized carbons (Fsp3) is 0.316. The van der Waals surface area contributed by atoms with Gasteiger partial charge in [-0.15, -0.1) is 0 Å². The summed E-state index contributed by atoms with van der Waals surface area (Å²) in [4.78, 5) is 11.8. The predicted molar refractivity (Wildman–Crippen MR) is 103 cm³/mol. The molecular weight excluding hydrogens is 429 g/mol. The number of hydrogen-bond donors (Lipinski definition) is 1. The van der Waals surface area contributed by atoms with Gasteiger partial charge in [0.2, 0.25) is 10.0 Å². The third-order valence-corrected chi connectivity index (χ3v) is 6.81. The zero-order valence-corrected chi connectivity index (χ0v) is 16.7. The molecule has 0 bridgehead atoms. The van der Waals surface area contributed by atoms with Crippen molar-refractivity contribution in [3.05, 3.63) is 58.6 Å². The summed E-state index contributed by atoms with van der Waals surface area (Å²) in [5.74, 6) is -2.39. The Labute approximate surface area is 171 Å². The van der Waals surface area contributed by atoms with Crippen molar-refractivity contribution in [3.8, 4) is 0 Å². The summed E-state index contributed by atoms with van der Waals surface area (Å²) in [7, 11) is -4.24. The smallest absolute Gasteiger partial charge is 0.255 e. The number of rotatable bonds is 4. The number of benzene rings is 2. The largest absolute Gasteiger partial charge is 0.322 e. The average molecular weight is 447 g/mol. The first-order chi connectivity index (χ1) is 13.7. The number of carbonyl (C=O) groups excluding carboxylic acids is 1. The number of sulfonamides is 1. The normalized spacial score (nSPS) is 18.3. The SMILES string of the molecule is O=C(Nc1ccc(F)c(Cl)c1)c1ccc(F)c(S(=O)(=O)N2CCCC(F)CC2)c1. The van der Waals surface area contributed by atoms with E-state index in [4.69, 9.17) is 11.6 Å². The van der Waals surface area contributed by atoms with E-state index in [-0.39, 0.29) is 42.2 Å². The summed E-state index contributed by atoms with van der Waals surface area (Å²) in [6.45, 7) is 0.0140. The van der Waals surface area contributed by atoms with Crippen molar-refractivity contribution >= 4 is 33.2 Å². The Bertz CT molecular complexity index is 1030. The number of anilines is 1. The van der Waals surface area contributed by atoms with Crippen LogP contribution in [0, 0.1) is 11.6 Å². The third kappa shape index (κ3) is 4.91. The van der Waals surface area contributed by atoms with E-state index in [1.807, 2.05) is 0 Å². The number of nitrogens with one attached hydrogen (secondary N) is 1. The van der Waals surface area contributed by atoms with E-state index < -0.39 is 38.6 Å². The second-order valence-corrected chi connectivity index (χ2v) is 8.97. The Morgan fingerprint density at radius 3 is 2.52 bits per heavy atom. The van der Waals surface area contributed by atoms with Crippen molar-refractivity contribution in [2.75, 3.05) is 18.4 Å². The van der Waals surface area contributed by atoms with E-state index in [2.05, 4.69) is 5.32 Å². The fourth-order valence-corrected chi connectivity index (χ4v) is 4.79. The van der Waals surface area contributed by atoms with E-state index in [1.54, 1.807) is 0 Å². The van der Waals surface area contributed by atoms with Crippen molar-refractivity contribution < 1.29 is 26.4 Å². The maximum atomic E-state index is 14.3. The van der Waals surface area contributed by atoms with Crippen LogP contribution in [0.15, 0.2) is 41.3 Å². The van der Waals surface area contributed by atoms with Gasteiger partial charge >= 0.3 is 0 Å². The highest BCUT2D eigenvalue weighted by Gasteiger charge is 2.30. The highest BCUT2D eigenvalue weighted by atomic mass is 35.5. The zero-order valence-electron chi connectivity index (χ0n) is 15.2. The summed E-state index contributed by atoms with van der Waals surface area (Å²) >= 11 is 5.67. The molecule has 1 aliphatic heterocycles. The summed E-state index contributed by atoms with van der Waals surface area (Å²) in [6.07, 6.45) is -0.489. The lowest BCUT2D eigenvalue weighted by atomic mass is 10.2. The minimum absolute atomic E-state index is 0.0341. The molecule has 1 amide bonds. The van der Waals surface area contributed by atoms with Crippen molar-refractivity contribution in [1.29, 1.82) is 0 Å².